The molecule has 0 aromatic carbocycles. The second-order valence-corrected chi connectivity index (χ2v) is 4.09. The maximum Gasteiger partial charge on any atom is 0.143 e. The number of nitrogens with two attached hydrogens (primary N) is 1. The van der Waals surface area contributed by atoms with Crippen molar-refractivity contribution >= 4 is 5.84 Å². The number of oxime groups is 1. The predicted molar refractivity (Wildman–Crippen MR) is 59.0 cm³/mol. The molecular weight excluding hydrogens is 194 g/mol. The van der Waals surface area contributed by atoms with Crippen molar-refractivity contribution in [2.24, 2.45) is 16.8 Å². The van der Waals surface area contributed by atoms with Crippen LogP contribution < -0.4 is 5.73 Å². The van der Waals surface area contributed by atoms with E-state index in [1.165, 1.54) is 0 Å². The van der Waals surface area contributed by atoms with Crippen molar-refractivity contribution in [1.29, 1.82) is 0 Å². The summed E-state index contributed by atoms with van der Waals surface area (Å²) < 4.78 is 5.57. The van der Waals surface area contributed by atoms with E-state index >= 15 is 0 Å². The lowest BCUT2D eigenvalue weighted by molar-refractivity contribution is -0.0313. The van der Waals surface area contributed by atoms with Crippen LogP contribution in [0.1, 0.15) is 20.3 Å². The zero-order valence-corrected chi connectivity index (χ0v) is 9.52. The van der Waals surface area contributed by atoms with Crippen molar-refractivity contribution in [3.8, 4) is 0 Å². The number of rotatable bonds is 4. The fourth-order valence-corrected chi connectivity index (χ4v) is 1.77. The third kappa shape index (κ3) is 3.68. The Balaban J connectivity index is 2.37. The molecule has 1 fully saturated rings. The molecule has 0 amide bonds. The van der Waals surface area contributed by atoms with Crippen LogP contribution in [0.3, 0.4) is 0 Å². The van der Waals surface area contributed by atoms with Crippen LogP contribution in [-0.4, -0.2) is 48.3 Å². The van der Waals surface area contributed by atoms with Crippen molar-refractivity contribution in [3.63, 3.8) is 0 Å². The normalized spacial score (nSPS) is 26.5. The van der Waals surface area contributed by atoms with Crippen LogP contribution in [0.5, 0.6) is 0 Å². The number of amidine groups is 1. The van der Waals surface area contributed by atoms with Gasteiger partial charge >= 0.3 is 0 Å². The van der Waals surface area contributed by atoms with Gasteiger partial charge in [-0.3, -0.25) is 4.90 Å². The standard InChI is InChI=1S/C10H21N3O2/c1-3-9-7-13(4-5-15-9)6-8(2)10(11)12-14/h8-9,14H,3-7H2,1-2H3,(H2,11,12). The number of hydrogen-bond donors (Lipinski definition) is 2. The Hall–Kier alpha value is -0.810. The molecule has 0 aliphatic carbocycles. The van der Waals surface area contributed by atoms with Crippen LogP contribution in [0, 0.1) is 5.92 Å². The largest absolute Gasteiger partial charge is 0.409 e. The van der Waals surface area contributed by atoms with Crippen LogP contribution in [0.25, 0.3) is 0 Å². The first-order valence-corrected chi connectivity index (χ1v) is 5.48. The van der Waals surface area contributed by atoms with Gasteiger partial charge in [0, 0.05) is 25.6 Å². The number of morpholine rings is 1. The van der Waals surface area contributed by atoms with Crippen molar-refractivity contribution in [1.82, 2.24) is 4.90 Å². The van der Waals surface area contributed by atoms with E-state index in [2.05, 4.69) is 17.0 Å². The number of ether oxygens (including phenoxy) is 1. The van der Waals surface area contributed by atoms with Crippen LogP contribution in [0.4, 0.5) is 0 Å². The fourth-order valence-electron chi connectivity index (χ4n) is 1.77. The SMILES string of the molecule is CCC1CN(CC(C)/C(N)=N/O)CCO1. The summed E-state index contributed by atoms with van der Waals surface area (Å²) in [6.45, 7) is 7.57. The molecule has 1 aliphatic heterocycles. The summed E-state index contributed by atoms with van der Waals surface area (Å²) in [5.41, 5.74) is 5.54. The van der Waals surface area contributed by atoms with E-state index in [-0.39, 0.29) is 5.92 Å². The Morgan fingerprint density at radius 2 is 2.47 bits per heavy atom. The van der Waals surface area contributed by atoms with Gasteiger partial charge in [-0.05, 0) is 6.42 Å². The zero-order chi connectivity index (χ0) is 11.3. The first-order chi connectivity index (χ1) is 7.17. The highest BCUT2D eigenvalue weighted by atomic mass is 16.5. The summed E-state index contributed by atoms with van der Waals surface area (Å²) in [6.07, 6.45) is 1.37. The van der Waals surface area contributed by atoms with Gasteiger partial charge in [0.25, 0.3) is 0 Å². The second-order valence-electron chi connectivity index (χ2n) is 4.09. The van der Waals surface area contributed by atoms with Gasteiger partial charge in [0.15, 0.2) is 0 Å². The molecule has 15 heavy (non-hydrogen) atoms. The molecule has 2 atom stereocenters. The van der Waals surface area contributed by atoms with Crippen LogP contribution in [0.2, 0.25) is 0 Å². The molecule has 0 saturated carbocycles. The van der Waals surface area contributed by atoms with E-state index in [0.29, 0.717) is 11.9 Å². The molecule has 1 saturated heterocycles. The van der Waals surface area contributed by atoms with E-state index in [4.69, 9.17) is 15.7 Å². The molecule has 1 aliphatic rings. The Morgan fingerprint density at radius 3 is 3.07 bits per heavy atom. The van der Waals surface area contributed by atoms with Gasteiger partial charge in [-0.2, -0.15) is 0 Å². The highest BCUT2D eigenvalue weighted by molar-refractivity contribution is 5.82. The van der Waals surface area contributed by atoms with E-state index in [1.807, 2.05) is 6.92 Å². The van der Waals surface area contributed by atoms with E-state index in [1.54, 1.807) is 0 Å². The Morgan fingerprint density at radius 1 is 1.73 bits per heavy atom. The third-order valence-corrected chi connectivity index (χ3v) is 2.83. The molecule has 1 heterocycles. The van der Waals surface area contributed by atoms with Crippen LogP contribution >= 0.6 is 0 Å². The maximum atomic E-state index is 8.55. The molecule has 5 nitrogen and oxygen atoms in total. The molecule has 0 bridgehead atoms. The zero-order valence-electron chi connectivity index (χ0n) is 9.52. The fraction of sp³-hybridized carbons (Fsp3) is 0.900. The quantitative estimate of drug-likeness (QED) is 0.310. The summed E-state index contributed by atoms with van der Waals surface area (Å²) >= 11 is 0. The molecule has 0 aromatic heterocycles. The van der Waals surface area contributed by atoms with Gasteiger partial charge in [-0.15, -0.1) is 0 Å². The maximum absolute atomic E-state index is 8.55. The topological polar surface area (TPSA) is 71.1 Å². The van der Waals surface area contributed by atoms with E-state index < -0.39 is 0 Å². The average molecular weight is 215 g/mol. The lowest BCUT2D eigenvalue weighted by Gasteiger charge is -2.33. The number of nitrogens with zero attached hydrogens (tertiary/aromatic N) is 2. The molecule has 3 N–H and O–H groups in total. The highest BCUT2D eigenvalue weighted by Gasteiger charge is 2.21. The molecule has 88 valence electrons. The summed E-state index contributed by atoms with van der Waals surface area (Å²) in [5.74, 6) is 0.389. The lowest BCUT2D eigenvalue weighted by Crippen LogP contribution is -2.45. The van der Waals surface area contributed by atoms with E-state index in [9.17, 15) is 0 Å². The number of hydrogen-bond acceptors (Lipinski definition) is 4. The molecule has 0 aromatic rings. The summed E-state index contributed by atoms with van der Waals surface area (Å²) in [5, 5.41) is 11.6. The molecule has 5 heteroatoms. The molecule has 2 unspecified atom stereocenters. The van der Waals surface area contributed by atoms with Gasteiger partial charge in [-0.1, -0.05) is 19.0 Å². The van der Waals surface area contributed by atoms with Crippen molar-refractivity contribution < 1.29 is 9.94 Å². The Labute approximate surface area is 90.9 Å². The molecule has 0 radical (unpaired) electrons. The first kappa shape index (κ1) is 12.3. The van der Waals surface area contributed by atoms with Crippen molar-refractivity contribution in [3.05, 3.63) is 0 Å². The summed E-state index contributed by atoms with van der Waals surface area (Å²) in [4.78, 5) is 2.31. The summed E-state index contributed by atoms with van der Waals surface area (Å²) in [6, 6.07) is 0. The van der Waals surface area contributed by atoms with Gasteiger partial charge in [0.1, 0.15) is 5.84 Å². The van der Waals surface area contributed by atoms with Crippen molar-refractivity contribution in [2.75, 3.05) is 26.2 Å². The van der Waals surface area contributed by atoms with Crippen LogP contribution in [0.15, 0.2) is 5.16 Å². The molecule has 0 spiro atoms. The average Bonchev–Trinajstić information content (AvgIpc) is 2.28. The summed E-state index contributed by atoms with van der Waals surface area (Å²) in [7, 11) is 0. The second kappa shape index (κ2) is 5.92. The first-order valence-electron chi connectivity index (χ1n) is 5.48. The third-order valence-electron chi connectivity index (χ3n) is 2.83. The Bertz CT molecular complexity index is 221. The monoisotopic (exact) mass is 215 g/mol. The van der Waals surface area contributed by atoms with Gasteiger partial charge in [-0.25, -0.2) is 0 Å². The van der Waals surface area contributed by atoms with Crippen molar-refractivity contribution in [2.45, 2.75) is 26.4 Å². The smallest absolute Gasteiger partial charge is 0.143 e. The Kier molecular flexibility index (Phi) is 4.84. The van der Waals surface area contributed by atoms with Crippen LogP contribution in [-0.2, 0) is 4.74 Å². The molecule has 1 rings (SSSR count). The predicted octanol–water partition coefficient (Wildman–Crippen LogP) is 0.480. The van der Waals surface area contributed by atoms with Gasteiger partial charge < -0.3 is 15.7 Å². The van der Waals surface area contributed by atoms with Gasteiger partial charge in [0.2, 0.25) is 0 Å². The highest BCUT2D eigenvalue weighted by Crippen LogP contribution is 2.10. The lowest BCUT2D eigenvalue weighted by atomic mass is 10.1. The minimum atomic E-state index is 0.0885. The minimum Gasteiger partial charge on any atom is -0.409 e. The van der Waals surface area contributed by atoms with E-state index in [0.717, 1.165) is 32.7 Å². The molecular formula is C10H21N3O2. The van der Waals surface area contributed by atoms with Gasteiger partial charge in [0.05, 0.1) is 12.7 Å². The minimum absolute atomic E-state index is 0.0885.